The lowest BCUT2D eigenvalue weighted by atomic mass is 9.80. The van der Waals surface area contributed by atoms with Crippen LogP contribution in [0.15, 0.2) is 29.4 Å². The molecule has 0 saturated heterocycles. The van der Waals surface area contributed by atoms with Crippen molar-refractivity contribution < 1.29 is 24.4 Å². The number of carbonyl (C=O) groups excluding carboxylic acids is 2. The van der Waals surface area contributed by atoms with Gasteiger partial charge in [-0.2, -0.15) is 5.10 Å². The Kier molecular flexibility index (Phi) is 5.65. The fourth-order valence-corrected chi connectivity index (χ4v) is 2.70. The predicted molar refractivity (Wildman–Crippen MR) is 96.7 cm³/mol. The van der Waals surface area contributed by atoms with Crippen LogP contribution in [-0.2, 0) is 20.7 Å². The van der Waals surface area contributed by atoms with Crippen LogP contribution >= 0.6 is 0 Å². The Morgan fingerprint density at radius 2 is 1.93 bits per heavy atom. The fraction of sp³-hybridized carbons (Fsp3) is 0.500. The number of nitrogens with zero attached hydrogens (tertiary/aromatic N) is 3. The maximum atomic E-state index is 12.8. The topological polar surface area (TPSA) is 122 Å². The zero-order valence-electron chi connectivity index (χ0n) is 15.8. The number of hydrogen-bond acceptors (Lipinski definition) is 7. The van der Waals surface area contributed by atoms with Crippen molar-refractivity contribution in [3.63, 3.8) is 0 Å². The van der Waals surface area contributed by atoms with Gasteiger partial charge in [0.15, 0.2) is 11.4 Å². The number of esters is 1. The second-order valence-electron chi connectivity index (χ2n) is 7.32. The number of hydrogen-bond donors (Lipinski definition) is 1. The third kappa shape index (κ3) is 4.13. The highest BCUT2D eigenvalue weighted by Crippen LogP contribution is 2.41. The Bertz CT molecular complexity index is 781. The monoisotopic (exact) mass is 377 g/mol. The van der Waals surface area contributed by atoms with Gasteiger partial charge < -0.3 is 9.84 Å². The standard InChI is InChI=1S/C18H23N3O6/c1-5-27-16(23)14-11-18(24,17(2,3)4)20(19-14)15(22)10-12-6-8-13(9-7-12)21(25)26/h6-9,24H,5,10-11H2,1-4H3/t18-/m0/s1. The van der Waals surface area contributed by atoms with Gasteiger partial charge in [0.1, 0.15) is 0 Å². The summed E-state index contributed by atoms with van der Waals surface area (Å²) >= 11 is 0. The molecule has 9 heteroatoms. The van der Waals surface area contributed by atoms with Crippen LogP contribution in [0, 0.1) is 15.5 Å². The fourth-order valence-electron chi connectivity index (χ4n) is 2.70. The summed E-state index contributed by atoms with van der Waals surface area (Å²) in [5.41, 5.74) is -2.04. The molecule has 0 spiro atoms. The molecule has 9 nitrogen and oxygen atoms in total. The number of hydrazone groups is 1. The quantitative estimate of drug-likeness (QED) is 0.476. The van der Waals surface area contributed by atoms with Crippen molar-refractivity contribution in [2.45, 2.75) is 46.3 Å². The zero-order chi connectivity index (χ0) is 20.4. The summed E-state index contributed by atoms with van der Waals surface area (Å²) in [7, 11) is 0. The minimum Gasteiger partial charge on any atom is -0.461 e. The Hall–Kier alpha value is -2.81. The van der Waals surface area contributed by atoms with Gasteiger partial charge in [0.2, 0.25) is 5.91 Å². The van der Waals surface area contributed by atoms with Crippen molar-refractivity contribution in [2.75, 3.05) is 6.61 Å². The molecule has 1 heterocycles. The van der Waals surface area contributed by atoms with Crippen molar-refractivity contribution in [1.29, 1.82) is 0 Å². The van der Waals surface area contributed by atoms with Crippen molar-refractivity contribution in [1.82, 2.24) is 5.01 Å². The molecule has 1 amide bonds. The van der Waals surface area contributed by atoms with Gasteiger partial charge in [0.05, 0.1) is 18.0 Å². The molecule has 0 aromatic heterocycles. The molecule has 0 fully saturated rings. The van der Waals surface area contributed by atoms with E-state index in [2.05, 4.69) is 5.10 Å². The number of benzene rings is 1. The van der Waals surface area contributed by atoms with Crippen molar-refractivity contribution in [3.05, 3.63) is 39.9 Å². The number of non-ortho nitro benzene ring substituents is 1. The van der Waals surface area contributed by atoms with Crippen LogP contribution in [-0.4, -0.2) is 45.0 Å². The van der Waals surface area contributed by atoms with E-state index in [1.165, 1.54) is 24.3 Å². The van der Waals surface area contributed by atoms with Crippen LogP contribution in [0.25, 0.3) is 0 Å². The number of nitro groups is 1. The van der Waals surface area contributed by atoms with E-state index in [4.69, 9.17) is 4.74 Å². The normalized spacial score (nSPS) is 19.6. The average molecular weight is 377 g/mol. The van der Waals surface area contributed by atoms with Gasteiger partial charge in [0, 0.05) is 24.0 Å². The molecule has 1 aromatic rings. The van der Waals surface area contributed by atoms with Crippen LogP contribution in [0.1, 0.15) is 39.7 Å². The van der Waals surface area contributed by atoms with Gasteiger partial charge in [0.25, 0.3) is 5.69 Å². The molecular formula is C18H23N3O6. The van der Waals surface area contributed by atoms with Crippen molar-refractivity contribution >= 4 is 23.3 Å². The summed E-state index contributed by atoms with van der Waals surface area (Å²) in [5, 5.41) is 26.8. The number of aliphatic hydroxyl groups is 1. The van der Waals surface area contributed by atoms with Gasteiger partial charge in [-0.15, -0.1) is 0 Å². The average Bonchev–Trinajstić information content (AvgIpc) is 2.95. The summed E-state index contributed by atoms with van der Waals surface area (Å²) in [6.07, 6.45) is -0.267. The molecule has 146 valence electrons. The molecule has 0 unspecified atom stereocenters. The SMILES string of the molecule is CCOC(=O)C1=NN(C(=O)Cc2ccc([N+](=O)[O-])cc2)[C@@](O)(C(C)(C)C)C1. The molecule has 0 saturated carbocycles. The molecule has 0 bridgehead atoms. The van der Waals surface area contributed by atoms with Gasteiger partial charge in [-0.25, -0.2) is 9.80 Å². The lowest BCUT2D eigenvalue weighted by Crippen LogP contribution is -2.55. The predicted octanol–water partition coefficient (Wildman–Crippen LogP) is 2.02. The highest BCUT2D eigenvalue weighted by atomic mass is 16.6. The van der Waals surface area contributed by atoms with E-state index in [0.717, 1.165) is 5.01 Å². The van der Waals surface area contributed by atoms with E-state index in [1.807, 2.05) is 0 Å². The van der Waals surface area contributed by atoms with E-state index in [9.17, 15) is 24.8 Å². The summed E-state index contributed by atoms with van der Waals surface area (Å²) in [6, 6.07) is 5.54. The molecule has 27 heavy (non-hydrogen) atoms. The molecule has 0 radical (unpaired) electrons. The Morgan fingerprint density at radius 3 is 2.41 bits per heavy atom. The second kappa shape index (κ2) is 7.43. The zero-order valence-corrected chi connectivity index (χ0v) is 15.8. The molecule has 1 aromatic carbocycles. The highest BCUT2D eigenvalue weighted by Gasteiger charge is 2.53. The van der Waals surface area contributed by atoms with Crippen LogP contribution < -0.4 is 0 Å². The first-order valence-corrected chi connectivity index (χ1v) is 8.53. The van der Waals surface area contributed by atoms with Gasteiger partial charge >= 0.3 is 5.97 Å². The van der Waals surface area contributed by atoms with E-state index < -0.39 is 27.9 Å². The Morgan fingerprint density at radius 1 is 1.33 bits per heavy atom. The van der Waals surface area contributed by atoms with Crippen LogP contribution in [0.2, 0.25) is 0 Å². The van der Waals surface area contributed by atoms with Crippen LogP contribution in [0.4, 0.5) is 5.69 Å². The summed E-state index contributed by atoms with van der Waals surface area (Å²) in [5.74, 6) is -1.20. The van der Waals surface area contributed by atoms with E-state index in [-0.39, 0.29) is 30.8 Å². The highest BCUT2D eigenvalue weighted by molar-refractivity contribution is 6.37. The van der Waals surface area contributed by atoms with Crippen LogP contribution in [0.3, 0.4) is 0 Å². The minimum absolute atomic E-state index is 0.0219. The molecule has 0 aliphatic carbocycles. The molecule has 1 N–H and O–H groups in total. The molecule has 2 rings (SSSR count). The Labute approximate surface area is 156 Å². The van der Waals surface area contributed by atoms with Gasteiger partial charge in [-0.1, -0.05) is 32.9 Å². The molecule has 1 aliphatic rings. The number of amides is 1. The van der Waals surface area contributed by atoms with Gasteiger partial charge in [-0.05, 0) is 12.5 Å². The van der Waals surface area contributed by atoms with Crippen LogP contribution in [0.5, 0.6) is 0 Å². The van der Waals surface area contributed by atoms with E-state index >= 15 is 0 Å². The van der Waals surface area contributed by atoms with E-state index in [1.54, 1.807) is 27.7 Å². The van der Waals surface area contributed by atoms with E-state index in [0.29, 0.717) is 5.56 Å². The summed E-state index contributed by atoms with van der Waals surface area (Å²) in [6.45, 7) is 7.03. The minimum atomic E-state index is -1.69. The lowest BCUT2D eigenvalue weighted by molar-refractivity contribution is -0.384. The number of ether oxygens (including phenoxy) is 1. The van der Waals surface area contributed by atoms with Crippen molar-refractivity contribution in [3.8, 4) is 0 Å². The number of carbonyl (C=O) groups is 2. The second-order valence-corrected chi connectivity index (χ2v) is 7.32. The first-order valence-electron chi connectivity index (χ1n) is 8.53. The first kappa shape index (κ1) is 20.5. The van der Waals surface area contributed by atoms with Gasteiger partial charge in [-0.3, -0.25) is 14.9 Å². The maximum absolute atomic E-state index is 12.8. The largest absolute Gasteiger partial charge is 0.461 e. The third-order valence-corrected chi connectivity index (χ3v) is 4.44. The number of rotatable bonds is 5. The third-order valence-electron chi connectivity index (χ3n) is 4.44. The summed E-state index contributed by atoms with van der Waals surface area (Å²) in [4.78, 5) is 35.0. The Balaban J connectivity index is 2.28. The smallest absolute Gasteiger partial charge is 0.354 e. The molecular weight excluding hydrogens is 354 g/mol. The first-order chi connectivity index (χ1) is 12.5. The maximum Gasteiger partial charge on any atom is 0.354 e. The number of nitro benzene ring substituents is 1. The molecule has 1 aliphatic heterocycles. The molecule has 1 atom stereocenters. The summed E-state index contributed by atoms with van der Waals surface area (Å²) < 4.78 is 4.93. The van der Waals surface area contributed by atoms with Crippen molar-refractivity contribution in [2.24, 2.45) is 10.5 Å². The lowest BCUT2D eigenvalue weighted by Gasteiger charge is -2.41.